The van der Waals surface area contributed by atoms with Crippen LogP contribution in [0.1, 0.15) is 66.4 Å². The highest BCUT2D eigenvalue weighted by molar-refractivity contribution is 6.07. The van der Waals surface area contributed by atoms with Crippen LogP contribution >= 0.6 is 0 Å². The van der Waals surface area contributed by atoms with E-state index in [-0.39, 0.29) is 11.5 Å². The van der Waals surface area contributed by atoms with Gasteiger partial charge in [0.15, 0.2) is 5.82 Å². The number of imidazole rings is 1. The number of aryl methyl sites for hydroxylation is 2. The summed E-state index contributed by atoms with van der Waals surface area (Å²) in [6.45, 7) is 0.470. The van der Waals surface area contributed by atoms with Gasteiger partial charge in [0.05, 0.1) is 24.0 Å². The first-order chi connectivity index (χ1) is 20.0. The van der Waals surface area contributed by atoms with Crippen LogP contribution in [0, 0.1) is 0 Å². The van der Waals surface area contributed by atoms with E-state index < -0.39 is 18.1 Å². The second-order valence-corrected chi connectivity index (χ2v) is 9.86. The lowest BCUT2D eigenvalue weighted by Gasteiger charge is -2.07. The zero-order chi connectivity index (χ0) is 30.4. The maximum Gasteiger partial charge on any atom is 0.490 e. The van der Waals surface area contributed by atoms with Crippen LogP contribution in [0.5, 0.6) is 0 Å². The summed E-state index contributed by atoms with van der Waals surface area (Å²) in [6, 6.07) is 7.96. The van der Waals surface area contributed by atoms with Crippen LogP contribution in [0.15, 0.2) is 42.9 Å². The Morgan fingerprint density at radius 3 is 2.48 bits per heavy atom. The van der Waals surface area contributed by atoms with Crippen LogP contribution in [-0.4, -0.2) is 63.3 Å². The van der Waals surface area contributed by atoms with E-state index in [1.165, 1.54) is 17.5 Å². The number of fused-ring (bicyclic) bond motifs is 1. The van der Waals surface area contributed by atoms with Crippen LogP contribution < -0.4 is 5.32 Å². The number of carbonyl (C=O) groups is 3. The molecule has 0 unspecified atom stereocenters. The molecule has 0 radical (unpaired) electrons. The number of alkyl halides is 3. The van der Waals surface area contributed by atoms with Crippen molar-refractivity contribution in [1.29, 1.82) is 0 Å². The molecule has 5 rings (SSSR count). The molecule has 1 amide bonds. The van der Waals surface area contributed by atoms with E-state index in [9.17, 15) is 27.9 Å². The quantitative estimate of drug-likeness (QED) is 0.221. The highest BCUT2D eigenvalue weighted by Crippen LogP contribution is 2.35. The third-order valence-electron chi connectivity index (χ3n) is 6.76. The number of amides is 1. The number of halogens is 3. The number of carbonyl (C=O) groups excluding carboxylic acids is 1. The number of carboxylic acid groups (broad SMARTS) is 2. The van der Waals surface area contributed by atoms with Crippen LogP contribution in [-0.2, 0) is 29.6 Å². The van der Waals surface area contributed by atoms with Crippen molar-refractivity contribution in [2.24, 2.45) is 7.05 Å². The number of rotatable bonds is 11. The van der Waals surface area contributed by atoms with Crippen molar-refractivity contribution in [3.8, 4) is 5.82 Å². The number of para-hydroxylation sites is 1. The third kappa shape index (κ3) is 7.33. The van der Waals surface area contributed by atoms with Crippen molar-refractivity contribution < 1.29 is 37.8 Å². The zero-order valence-corrected chi connectivity index (χ0v) is 22.7. The standard InChI is InChI=1S/C25H29N7O3.C2HF3O2/c1-30-20-9-6-5-8-19(20)23(25(34)35)24(30)32-16-17(28-29-32)7-3-2-4-10-22(33)27-15-21-26-13-14-31(21)18-11-12-18;3-2(4,5)1(6)7/h5-6,8-9,13-14,16,18H,2-4,7,10-12,15H2,1H3,(H,27,33)(H,34,35);(H,6,7). The zero-order valence-electron chi connectivity index (χ0n) is 22.7. The summed E-state index contributed by atoms with van der Waals surface area (Å²) in [5.74, 6) is -2.31. The Kier molecular flexibility index (Phi) is 9.28. The monoisotopic (exact) mass is 589 g/mol. The van der Waals surface area contributed by atoms with Gasteiger partial charge in [0.2, 0.25) is 5.91 Å². The Balaban J connectivity index is 0.000000517. The molecule has 3 N–H and O–H groups in total. The Bertz CT molecular complexity index is 1570. The summed E-state index contributed by atoms with van der Waals surface area (Å²) in [4.78, 5) is 37.4. The minimum Gasteiger partial charge on any atom is -0.478 e. The molecule has 0 aliphatic heterocycles. The lowest BCUT2D eigenvalue weighted by atomic mass is 10.1. The number of unbranched alkanes of at least 4 members (excludes halogenated alkanes) is 2. The average Bonchev–Trinajstić information content (AvgIpc) is 3.35. The van der Waals surface area contributed by atoms with Crippen LogP contribution in [0.2, 0.25) is 0 Å². The van der Waals surface area contributed by atoms with E-state index in [0.717, 1.165) is 36.3 Å². The smallest absolute Gasteiger partial charge is 0.478 e. The number of carboxylic acids is 2. The summed E-state index contributed by atoms with van der Waals surface area (Å²) >= 11 is 0. The van der Waals surface area contributed by atoms with Gasteiger partial charge in [-0.15, -0.1) is 5.10 Å². The maximum absolute atomic E-state index is 12.2. The van der Waals surface area contributed by atoms with Gasteiger partial charge in [0.1, 0.15) is 11.4 Å². The molecule has 1 saturated carbocycles. The van der Waals surface area contributed by atoms with E-state index in [1.807, 2.05) is 36.0 Å². The first-order valence-electron chi connectivity index (χ1n) is 13.3. The van der Waals surface area contributed by atoms with Gasteiger partial charge in [-0.1, -0.05) is 29.8 Å². The molecule has 3 heterocycles. The van der Waals surface area contributed by atoms with Crippen molar-refractivity contribution in [3.63, 3.8) is 0 Å². The van der Waals surface area contributed by atoms with Gasteiger partial charge in [0.25, 0.3) is 0 Å². The molecule has 1 aliphatic rings. The summed E-state index contributed by atoms with van der Waals surface area (Å²) < 4.78 is 37.3. The molecule has 1 aromatic carbocycles. The average molecular weight is 590 g/mol. The van der Waals surface area contributed by atoms with Crippen molar-refractivity contribution in [2.75, 3.05) is 0 Å². The Morgan fingerprint density at radius 2 is 1.81 bits per heavy atom. The molecule has 0 saturated heterocycles. The minimum absolute atomic E-state index is 0.0401. The number of nitrogens with one attached hydrogen (secondary N) is 1. The van der Waals surface area contributed by atoms with Crippen molar-refractivity contribution in [1.82, 2.24) is 34.4 Å². The molecular weight excluding hydrogens is 559 g/mol. The maximum atomic E-state index is 12.2. The molecular formula is C27H30F3N7O5. The van der Waals surface area contributed by atoms with E-state index in [2.05, 4.69) is 25.2 Å². The van der Waals surface area contributed by atoms with Gasteiger partial charge in [0, 0.05) is 37.3 Å². The van der Waals surface area contributed by atoms with E-state index in [0.29, 0.717) is 36.6 Å². The Hall–Kier alpha value is -4.69. The van der Waals surface area contributed by atoms with Gasteiger partial charge in [-0.05, 0) is 38.2 Å². The summed E-state index contributed by atoms with van der Waals surface area (Å²) in [5, 5.41) is 29.0. The number of aromatic carboxylic acids is 1. The summed E-state index contributed by atoms with van der Waals surface area (Å²) in [7, 11) is 1.83. The lowest BCUT2D eigenvalue weighted by molar-refractivity contribution is -0.192. The molecule has 3 aromatic heterocycles. The molecule has 15 heteroatoms. The SMILES string of the molecule is Cn1c(-n2cc(CCCCCC(=O)NCc3nccn3C3CC3)nn2)c(C(=O)O)c2ccccc21.O=C(O)C(F)(F)F. The molecule has 224 valence electrons. The molecule has 0 spiro atoms. The van der Waals surface area contributed by atoms with E-state index in [4.69, 9.17) is 9.90 Å². The fraction of sp³-hybridized carbons (Fsp3) is 0.407. The molecule has 12 nitrogen and oxygen atoms in total. The number of nitrogens with zero attached hydrogens (tertiary/aromatic N) is 6. The topological polar surface area (TPSA) is 157 Å². The molecule has 4 aromatic rings. The molecule has 0 atom stereocenters. The van der Waals surface area contributed by atoms with Gasteiger partial charge in [-0.2, -0.15) is 13.2 Å². The van der Waals surface area contributed by atoms with Crippen LogP contribution in [0.25, 0.3) is 16.7 Å². The molecule has 42 heavy (non-hydrogen) atoms. The number of aliphatic carboxylic acids is 1. The van der Waals surface area contributed by atoms with Crippen LogP contribution in [0.3, 0.4) is 0 Å². The molecule has 1 aliphatic carbocycles. The number of benzene rings is 1. The van der Waals surface area contributed by atoms with E-state index in [1.54, 1.807) is 18.5 Å². The minimum atomic E-state index is -5.08. The van der Waals surface area contributed by atoms with Crippen molar-refractivity contribution in [3.05, 3.63) is 59.9 Å². The molecule has 0 bridgehead atoms. The van der Waals surface area contributed by atoms with Gasteiger partial charge >= 0.3 is 18.1 Å². The second kappa shape index (κ2) is 12.9. The first-order valence-corrected chi connectivity index (χ1v) is 13.3. The van der Waals surface area contributed by atoms with Gasteiger partial charge in [-0.25, -0.2) is 19.3 Å². The van der Waals surface area contributed by atoms with Crippen molar-refractivity contribution >= 4 is 28.7 Å². The van der Waals surface area contributed by atoms with Gasteiger partial charge < -0.3 is 24.7 Å². The number of hydrogen-bond acceptors (Lipinski definition) is 6. The number of hydrogen-bond donors (Lipinski definition) is 3. The first kappa shape index (κ1) is 30.3. The Labute approximate surface area is 237 Å². The summed E-state index contributed by atoms with van der Waals surface area (Å²) in [6.07, 6.45) is 6.61. The number of aromatic nitrogens is 6. The normalized spacial score (nSPS) is 13.0. The highest BCUT2D eigenvalue weighted by atomic mass is 19.4. The fourth-order valence-corrected chi connectivity index (χ4v) is 4.58. The van der Waals surface area contributed by atoms with E-state index >= 15 is 0 Å². The predicted octanol–water partition coefficient (Wildman–Crippen LogP) is 4.04. The van der Waals surface area contributed by atoms with Crippen molar-refractivity contribution in [2.45, 2.75) is 63.7 Å². The highest BCUT2D eigenvalue weighted by Gasteiger charge is 2.38. The predicted molar refractivity (Wildman–Crippen MR) is 143 cm³/mol. The third-order valence-corrected chi connectivity index (χ3v) is 6.76. The molecule has 1 fully saturated rings. The second-order valence-electron chi connectivity index (χ2n) is 9.86. The summed E-state index contributed by atoms with van der Waals surface area (Å²) in [5.41, 5.74) is 1.83. The largest absolute Gasteiger partial charge is 0.490 e. The van der Waals surface area contributed by atoms with Gasteiger partial charge in [-0.3, -0.25) is 4.79 Å². The van der Waals surface area contributed by atoms with Crippen LogP contribution in [0.4, 0.5) is 13.2 Å². The Morgan fingerprint density at radius 1 is 1.10 bits per heavy atom. The fourth-order valence-electron chi connectivity index (χ4n) is 4.58. The lowest BCUT2D eigenvalue weighted by Crippen LogP contribution is -2.24.